The number of halogens is 1. The van der Waals surface area contributed by atoms with E-state index in [-0.39, 0.29) is 6.47 Å². The van der Waals surface area contributed by atoms with Crippen LogP contribution in [0.3, 0.4) is 0 Å². The maximum Gasteiger partial charge on any atom is 0.290 e. The Kier molecular flexibility index (Phi) is 6.04. The molecule has 1 fully saturated rings. The van der Waals surface area contributed by atoms with Crippen molar-refractivity contribution in [1.82, 2.24) is 19.9 Å². The number of fused-ring (bicyclic) bond motifs is 2. The van der Waals surface area contributed by atoms with Crippen LogP contribution in [0.1, 0.15) is 32.1 Å². The number of aromatic amines is 2. The highest BCUT2D eigenvalue weighted by Crippen LogP contribution is 2.28. The first-order valence-corrected chi connectivity index (χ1v) is 10.2. The number of H-pyrrole nitrogens is 2. The van der Waals surface area contributed by atoms with E-state index in [1.165, 1.54) is 19.3 Å². The summed E-state index contributed by atoms with van der Waals surface area (Å²) in [6, 6.07) is 9.67. The lowest BCUT2D eigenvalue weighted by Crippen LogP contribution is -2.19. The summed E-state index contributed by atoms with van der Waals surface area (Å²) in [5.74, 6) is 1.55. The minimum absolute atomic E-state index is 0.250. The molecule has 4 N–H and O–H groups in total. The molecule has 0 radical (unpaired) electrons. The van der Waals surface area contributed by atoms with E-state index in [0.717, 1.165) is 46.3 Å². The summed E-state index contributed by atoms with van der Waals surface area (Å²) < 4.78 is 6.15. The molecule has 0 unspecified atom stereocenters. The van der Waals surface area contributed by atoms with E-state index in [2.05, 4.69) is 25.3 Å². The fraction of sp³-hybridized carbons (Fsp3) is 0.286. The lowest BCUT2D eigenvalue weighted by molar-refractivity contribution is -0.122. The molecule has 0 saturated heterocycles. The topological polar surface area (TPSA) is 116 Å². The first-order valence-electron chi connectivity index (χ1n) is 9.81. The summed E-state index contributed by atoms with van der Waals surface area (Å²) in [5, 5.41) is 10.6. The number of hydrogen-bond donors (Lipinski definition) is 4. The average molecular weight is 428 g/mol. The number of pyridine rings is 1. The Balaban J connectivity index is 0.000000687. The van der Waals surface area contributed by atoms with Crippen molar-refractivity contribution in [1.29, 1.82) is 0 Å². The van der Waals surface area contributed by atoms with Gasteiger partial charge in [0.25, 0.3) is 6.47 Å². The molecule has 0 spiro atoms. The van der Waals surface area contributed by atoms with Crippen molar-refractivity contribution in [2.24, 2.45) is 0 Å². The molecule has 8 nitrogen and oxygen atoms in total. The van der Waals surface area contributed by atoms with Crippen LogP contribution >= 0.6 is 11.6 Å². The third kappa shape index (κ3) is 4.49. The molecule has 156 valence electrons. The Hall–Kier alpha value is -3.26. The van der Waals surface area contributed by atoms with E-state index in [1.807, 2.05) is 30.5 Å². The summed E-state index contributed by atoms with van der Waals surface area (Å²) in [7, 11) is 0. The van der Waals surface area contributed by atoms with Gasteiger partial charge in [-0.1, -0.05) is 18.0 Å². The first-order chi connectivity index (χ1) is 14.7. The summed E-state index contributed by atoms with van der Waals surface area (Å²) in [5.41, 5.74) is 4.35. The highest BCUT2D eigenvalue weighted by molar-refractivity contribution is 6.29. The molecule has 0 aliphatic heterocycles. The van der Waals surface area contributed by atoms with Gasteiger partial charge in [0.2, 0.25) is 5.95 Å². The highest BCUT2D eigenvalue weighted by Gasteiger charge is 2.15. The number of rotatable bonds is 4. The van der Waals surface area contributed by atoms with Gasteiger partial charge in [0.15, 0.2) is 0 Å². The summed E-state index contributed by atoms with van der Waals surface area (Å²) in [6.07, 6.45) is 8.31. The molecule has 1 aliphatic carbocycles. The minimum atomic E-state index is -0.250. The lowest BCUT2D eigenvalue weighted by atomic mass is 9.98. The molecule has 30 heavy (non-hydrogen) atoms. The van der Waals surface area contributed by atoms with Crippen LogP contribution in [0.2, 0.25) is 5.15 Å². The van der Waals surface area contributed by atoms with Crippen molar-refractivity contribution in [2.75, 3.05) is 5.32 Å². The zero-order valence-electron chi connectivity index (χ0n) is 16.2. The largest absolute Gasteiger partial charge is 0.490 e. The van der Waals surface area contributed by atoms with Crippen LogP contribution in [-0.4, -0.2) is 37.6 Å². The van der Waals surface area contributed by atoms with Crippen molar-refractivity contribution in [3.8, 4) is 5.75 Å². The number of nitrogens with zero attached hydrogens (tertiary/aromatic N) is 2. The second kappa shape index (κ2) is 9.04. The summed E-state index contributed by atoms with van der Waals surface area (Å²) in [6.45, 7) is -0.250. The number of imidazole rings is 1. The molecule has 1 aromatic carbocycles. The fourth-order valence-electron chi connectivity index (χ4n) is 3.69. The quantitative estimate of drug-likeness (QED) is 0.261. The summed E-state index contributed by atoms with van der Waals surface area (Å²) in [4.78, 5) is 23.8. The Labute approximate surface area is 177 Å². The monoisotopic (exact) mass is 427 g/mol. The van der Waals surface area contributed by atoms with Crippen LogP contribution in [0.5, 0.6) is 5.75 Å². The lowest BCUT2D eigenvalue weighted by Gasteiger charge is -2.22. The molecule has 1 aliphatic rings. The van der Waals surface area contributed by atoms with Crippen molar-refractivity contribution >= 4 is 51.8 Å². The Morgan fingerprint density at radius 2 is 1.93 bits per heavy atom. The van der Waals surface area contributed by atoms with Crippen molar-refractivity contribution in [3.63, 3.8) is 0 Å². The van der Waals surface area contributed by atoms with Crippen molar-refractivity contribution in [2.45, 2.75) is 38.2 Å². The molecule has 4 aromatic rings. The Morgan fingerprint density at radius 3 is 2.73 bits per heavy atom. The van der Waals surface area contributed by atoms with Crippen LogP contribution in [0.4, 0.5) is 11.6 Å². The minimum Gasteiger partial charge on any atom is -0.490 e. The van der Waals surface area contributed by atoms with E-state index in [0.29, 0.717) is 17.2 Å². The van der Waals surface area contributed by atoms with Crippen LogP contribution < -0.4 is 10.1 Å². The van der Waals surface area contributed by atoms with Gasteiger partial charge < -0.3 is 25.1 Å². The molecule has 9 heteroatoms. The van der Waals surface area contributed by atoms with Crippen LogP contribution in [0.15, 0.2) is 36.5 Å². The molecule has 0 bridgehead atoms. The van der Waals surface area contributed by atoms with Crippen LogP contribution in [0, 0.1) is 0 Å². The smallest absolute Gasteiger partial charge is 0.290 e. The molecule has 0 atom stereocenters. The fourth-order valence-corrected chi connectivity index (χ4v) is 3.84. The van der Waals surface area contributed by atoms with Crippen LogP contribution in [0.25, 0.3) is 22.1 Å². The van der Waals surface area contributed by atoms with Gasteiger partial charge in [-0.05, 0) is 49.9 Å². The number of carboxylic acid groups (broad SMARTS) is 1. The maximum atomic E-state index is 8.36. The third-order valence-electron chi connectivity index (χ3n) is 5.05. The zero-order valence-corrected chi connectivity index (χ0v) is 16.9. The maximum absolute atomic E-state index is 8.36. The number of hydrogen-bond acceptors (Lipinski definition) is 5. The Bertz CT molecular complexity index is 1150. The third-order valence-corrected chi connectivity index (χ3v) is 5.26. The van der Waals surface area contributed by atoms with E-state index >= 15 is 0 Å². The van der Waals surface area contributed by atoms with E-state index in [4.69, 9.17) is 26.2 Å². The molecule has 0 amide bonds. The van der Waals surface area contributed by atoms with Gasteiger partial charge in [-0.3, -0.25) is 4.79 Å². The van der Waals surface area contributed by atoms with Gasteiger partial charge in [-0.25, -0.2) is 9.97 Å². The zero-order chi connectivity index (χ0) is 20.9. The first kappa shape index (κ1) is 20.0. The second-order valence-electron chi connectivity index (χ2n) is 7.11. The van der Waals surface area contributed by atoms with Crippen molar-refractivity contribution in [3.05, 3.63) is 41.7 Å². The molecule has 3 heterocycles. The van der Waals surface area contributed by atoms with E-state index in [9.17, 15) is 0 Å². The van der Waals surface area contributed by atoms with Crippen LogP contribution in [-0.2, 0) is 4.79 Å². The average Bonchev–Trinajstić information content (AvgIpc) is 3.33. The molecule has 3 aromatic heterocycles. The standard InChI is InChI=1S/C20H20ClN5O.CH2O2/c21-18-9-8-15-19(26-18)17(11-22-15)25-20-23-14-7-6-13(10-16(14)24-20)27-12-4-2-1-3-5-12;2-1-3/h6-12,22H,1-5H2,(H2,23,24,25);1H,(H,2,3). The van der Waals surface area contributed by atoms with Gasteiger partial charge in [0.1, 0.15) is 16.4 Å². The number of ether oxygens (including phenoxy) is 1. The number of nitrogens with one attached hydrogen (secondary N) is 3. The van der Waals surface area contributed by atoms with Gasteiger partial charge >= 0.3 is 0 Å². The van der Waals surface area contributed by atoms with E-state index in [1.54, 1.807) is 6.07 Å². The van der Waals surface area contributed by atoms with Gasteiger partial charge in [-0.2, -0.15) is 0 Å². The van der Waals surface area contributed by atoms with E-state index < -0.39 is 0 Å². The van der Waals surface area contributed by atoms with Crippen molar-refractivity contribution < 1.29 is 14.6 Å². The highest BCUT2D eigenvalue weighted by atomic mass is 35.5. The Morgan fingerprint density at radius 1 is 1.13 bits per heavy atom. The molecular weight excluding hydrogens is 406 g/mol. The normalized spacial score (nSPS) is 14.3. The second-order valence-corrected chi connectivity index (χ2v) is 7.49. The predicted octanol–water partition coefficient (Wildman–Crippen LogP) is 5.25. The predicted molar refractivity (Wildman–Crippen MR) is 117 cm³/mol. The summed E-state index contributed by atoms with van der Waals surface area (Å²) >= 11 is 6.02. The molecular formula is C21H22ClN5O3. The van der Waals surface area contributed by atoms with Gasteiger partial charge in [-0.15, -0.1) is 0 Å². The number of carbonyl (C=O) groups is 1. The molecule has 5 rings (SSSR count). The number of aromatic nitrogens is 4. The van der Waals surface area contributed by atoms with Gasteiger partial charge in [0, 0.05) is 12.3 Å². The van der Waals surface area contributed by atoms with Gasteiger partial charge in [0.05, 0.1) is 28.3 Å². The number of benzene rings is 1. The number of anilines is 2. The molecule has 1 saturated carbocycles. The SMILES string of the molecule is Clc1ccc2[nH]cc(Nc3nc4ccc(OC5CCCCC5)cc4[nH]3)c2n1.O=CO.